The molecule has 3 rings (SSSR count). The summed E-state index contributed by atoms with van der Waals surface area (Å²) in [4.78, 5) is 4.44. The van der Waals surface area contributed by atoms with Crippen LogP contribution in [-0.4, -0.2) is 11.5 Å². The largest absolute Gasteiger partial charge is 0.310 e. The minimum atomic E-state index is 0.482. The summed E-state index contributed by atoms with van der Waals surface area (Å²) >= 11 is 0. The lowest BCUT2D eigenvalue weighted by Gasteiger charge is -2.12. The Kier molecular flexibility index (Phi) is 3.83. The monoisotopic (exact) mass is 266 g/mol. The standard InChI is InChI=1S/C18H22N2/c1-13(2)14-5-3-6-15(9-14)16-10-17(12-19-11-16)18-7-4-8-20-18/h3,5-6,9-13,18,20H,4,7-8H2,1-2H3/t18-/m0/s1. The maximum absolute atomic E-state index is 4.44. The highest BCUT2D eigenvalue weighted by molar-refractivity contribution is 5.64. The van der Waals surface area contributed by atoms with E-state index in [-0.39, 0.29) is 0 Å². The van der Waals surface area contributed by atoms with Crippen LogP contribution in [0.3, 0.4) is 0 Å². The number of nitrogens with zero attached hydrogens (tertiary/aromatic N) is 1. The molecule has 0 radical (unpaired) electrons. The van der Waals surface area contributed by atoms with Crippen molar-refractivity contribution in [2.75, 3.05) is 6.54 Å². The van der Waals surface area contributed by atoms with Crippen molar-refractivity contribution < 1.29 is 0 Å². The van der Waals surface area contributed by atoms with Gasteiger partial charge < -0.3 is 5.32 Å². The van der Waals surface area contributed by atoms with Gasteiger partial charge in [0.25, 0.3) is 0 Å². The minimum Gasteiger partial charge on any atom is -0.310 e. The van der Waals surface area contributed by atoms with E-state index in [9.17, 15) is 0 Å². The average Bonchev–Trinajstić information content (AvgIpc) is 3.02. The van der Waals surface area contributed by atoms with Crippen molar-refractivity contribution in [1.82, 2.24) is 10.3 Å². The second kappa shape index (κ2) is 5.76. The predicted octanol–water partition coefficient (Wildman–Crippen LogP) is 4.30. The first-order chi connectivity index (χ1) is 9.74. The zero-order chi connectivity index (χ0) is 13.9. The maximum atomic E-state index is 4.44. The van der Waals surface area contributed by atoms with E-state index in [1.807, 2.05) is 12.4 Å². The van der Waals surface area contributed by atoms with Gasteiger partial charge in [0.15, 0.2) is 0 Å². The van der Waals surface area contributed by atoms with E-state index in [0.29, 0.717) is 12.0 Å². The Hall–Kier alpha value is -1.67. The Morgan fingerprint density at radius 2 is 2.05 bits per heavy atom. The first-order valence-electron chi connectivity index (χ1n) is 7.52. The van der Waals surface area contributed by atoms with Crippen LogP contribution in [0.5, 0.6) is 0 Å². The molecule has 2 heteroatoms. The maximum Gasteiger partial charge on any atom is 0.0346 e. The molecular weight excluding hydrogens is 244 g/mol. The minimum absolute atomic E-state index is 0.482. The summed E-state index contributed by atoms with van der Waals surface area (Å²) < 4.78 is 0. The zero-order valence-corrected chi connectivity index (χ0v) is 12.3. The molecule has 1 aromatic heterocycles. The number of nitrogens with one attached hydrogen (secondary N) is 1. The SMILES string of the molecule is CC(C)c1cccc(-c2cncc([C@@H]3CCCN3)c2)c1. The number of pyridine rings is 1. The number of benzene rings is 1. The van der Waals surface area contributed by atoms with Crippen LogP contribution in [-0.2, 0) is 0 Å². The van der Waals surface area contributed by atoms with Crippen molar-refractivity contribution in [3.63, 3.8) is 0 Å². The lowest BCUT2D eigenvalue weighted by molar-refractivity contribution is 0.645. The van der Waals surface area contributed by atoms with Crippen LogP contribution in [0.1, 0.15) is 49.8 Å². The van der Waals surface area contributed by atoms with Crippen molar-refractivity contribution in [3.05, 3.63) is 53.9 Å². The van der Waals surface area contributed by atoms with Gasteiger partial charge in [0.1, 0.15) is 0 Å². The molecule has 1 saturated heterocycles. The number of hydrogen-bond donors (Lipinski definition) is 1. The Bertz CT molecular complexity index is 583. The van der Waals surface area contributed by atoms with E-state index in [0.717, 1.165) is 6.54 Å². The van der Waals surface area contributed by atoms with Crippen molar-refractivity contribution >= 4 is 0 Å². The average molecular weight is 266 g/mol. The molecule has 0 saturated carbocycles. The summed E-state index contributed by atoms with van der Waals surface area (Å²) in [6.07, 6.45) is 6.45. The molecule has 20 heavy (non-hydrogen) atoms. The number of aromatic nitrogens is 1. The Morgan fingerprint density at radius 3 is 2.80 bits per heavy atom. The van der Waals surface area contributed by atoms with E-state index in [1.54, 1.807) is 0 Å². The lowest BCUT2D eigenvalue weighted by atomic mass is 9.97. The summed E-state index contributed by atoms with van der Waals surface area (Å²) in [5, 5.41) is 3.54. The molecule has 1 atom stereocenters. The fraction of sp³-hybridized carbons (Fsp3) is 0.389. The van der Waals surface area contributed by atoms with E-state index >= 15 is 0 Å². The fourth-order valence-electron chi connectivity index (χ4n) is 2.85. The van der Waals surface area contributed by atoms with Gasteiger partial charge in [-0.15, -0.1) is 0 Å². The Morgan fingerprint density at radius 1 is 1.15 bits per heavy atom. The smallest absolute Gasteiger partial charge is 0.0346 e. The summed E-state index contributed by atoms with van der Waals surface area (Å²) in [5.74, 6) is 0.558. The van der Waals surface area contributed by atoms with Crippen LogP contribution in [0.4, 0.5) is 0 Å². The van der Waals surface area contributed by atoms with Gasteiger partial charge in [-0.05, 0) is 48.1 Å². The van der Waals surface area contributed by atoms with Crippen LogP contribution in [0.2, 0.25) is 0 Å². The molecule has 2 aromatic rings. The molecule has 0 bridgehead atoms. The van der Waals surface area contributed by atoms with Gasteiger partial charge in [0.2, 0.25) is 0 Å². The normalized spacial score (nSPS) is 18.6. The molecule has 1 fully saturated rings. The van der Waals surface area contributed by atoms with Crippen LogP contribution in [0, 0.1) is 0 Å². The number of hydrogen-bond acceptors (Lipinski definition) is 2. The summed E-state index contributed by atoms with van der Waals surface area (Å²) in [7, 11) is 0. The van der Waals surface area contributed by atoms with E-state index in [4.69, 9.17) is 0 Å². The summed E-state index contributed by atoms with van der Waals surface area (Å²) in [6, 6.07) is 11.6. The van der Waals surface area contributed by atoms with Gasteiger partial charge in [-0.3, -0.25) is 4.98 Å². The van der Waals surface area contributed by atoms with Gasteiger partial charge in [-0.2, -0.15) is 0 Å². The molecule has 2 heterocycles. The molecule has 2 nitrogen and oxygen atoms in total. The van der Waals surface area contributed by atoms with Gasteiger partial charge in [0.05, 0.1) is 0 Å². The summed E-state index contributed by atoms with van der Waals surface area (Å²) in [6.45, 7) is 5.59. The van der Waals surface area contributed by atoms with E-state index in [1.165, 1.54) is 35.1 Å². The van der Waals surface area contributed by atoms with Gasteiger partial charge >= 0.3 is 0 Å². The third kappa shape index (κ3) is 2.75. The highest BCUT2D eigenvalue weighted by Crippen LogP contribution is 2.28. The quantitative estimate of drug-likeness (QED) is 0.896. The molecule has 1 aromatic carbocycles. The first kappa shape index (κ1) is 13.3. The molecule has 104 valence electrons. The first-order valence-corrected chi connectivity index (χ1v) is 7.52. The van der Waals surface area contributed by atoms with Crippen molar-refractivity contribution in [3.8, 4) is 11.1 Å². The Balaban J connectivity index is 1.93. The molecule has 0 spiro atoms. The van der Waals surface area contributed by atoms with Crippen LogP contribution in [0.15, 0.2) is 42.7 Å². The second-order valence-electron chi connectivity index (χ2n) is 5.94. The Labute approximate surface area is 121 Å². The number of rotatable bonds is 3. The molecule has 0 unspecified atom stereocenters. The third-order valence-electron chi connectivity index (χ3n) is 4.11. The van der Waals surface area contributed by atoms with Crippen molar-refractivity contribution in [1.29, 1.82) is 0 Å². The molecule has 1 aliphatic heterocycles. The molecule has 0 aliphatic carbocycles. The summed E-state index contributed by atoms with van der Waals surface area (Å²) in [5.41, 5.74) is 5.18. The van der Waals surface area contributed by atoms with Crippen LogP contribution in [0.25, 0.3) is 11.1 Å². The zero-order valence-electron chi connectivity index (χ0n) is 12.3. The molecule has 1 aliphatic rings. The van der Waals surface area contributed by atoms with Gasteiger partial charge in [-0.25, -0.2) is 0 Å². The van der Waals surface area contributed by atoms with Crippen molar-refractivity contribution in [2.24, 2.45) is 0 Å². The lowest BCUT2D eigenvalue weighted by Crippen LogP contribution is -2.13. The fourth-order valence-corrected chi connectivity index (χ4v) is 2.85. The van der Waals surface area contributed by atoms with Crippen molar-refractivity contribution in [2.45, 2.75) is 38.6 Å². The highest BCUT2D eigenvalue weighted by Gasteiger charge is 2.16. The molecule has 1 N–H and O–H groups in total. The van der Waals surface area contributed by atoms with Crippen LogP contribution >= 0.6 is 0 Å². The second-order valence-corrected chi connectivity index (χ2v) is 5.94. The van der Waals surface area contributed by atoms with Gasteiger partial charge in [0, 0.05) is 24.0 Å². The van der Waals surface area contributed by atoms with E-state index in [2.05, 4.69) is 54.5 Å². The highest BCUT2D eigenvalue weighted by atomic mass is 14.9. The molecular formula is C18H22N2. The molecule has 0 amide bonds. The van der Waals surface area contributed by atoms with Crippen LogP contribution < -0.4 is 5.32 Å². The van der Waals surface area contributed by atoms with E-state index < -0.39 is 0 Å². The third-order valence-corrected chi connectivity index (χ3v) is 4.11. The predicted molar refractivity (Wildman–Crippen MR) is 83.7 cm³/mol. The topological polar surface area (TPSA) is 24.9 Å². The van der Waals surface area contributed by atoms with Gasteiger partial charge in [-0.1, -0.05) is 38.1 Å².